The van der Waals surface area contributed by atoms with Gasteiger partial charge in [0.2, 0.25) is 17.8 Å². The summed E-state index contributed by atoms with van der Waals surface area (Å²) in [5.41, 5.74) is 1.70. The van der Waals surface area contributed by atoms with Crippen LogP contribution in [0.2, 0.25) is 0 Å². The van der Waals surface area contributed by atoms with Gasteiger partial charge >= 0.3 is 11.9 Å². The number of aryl methyl sites for hydroxylation is 1. The van der Waals surface area contributed by atoms with Gasteiger partial charge in [-0.15, -0.1) is 0 Å². The van der Waals surface area contributed by atoms with E-state index in [1.807, 2.05) is 18.2 Å². The number of carbonyl (C=O) groups excluding carboxylic acids is 3. The van der Waals surface area contributed by atoms with Crippen LogP contribution in [0.5, 0.6) is 0 Å². The zero-order valence-corrected chi connectivity index (χ0v) is 31.0. The maximum Gasteiger partial charge on any atom is 0.421 e. The molecule has 1 atom stereocenters. The van der Waals surface area contributed by atoms with Crippen LogP contribution in [0.3, 0.4) is 0 Å². The fourth-order valence-electron chi connectivity index (χ4n) is 7.36. The molecule has 0 saturated carbocycles. The normalized spacial score (nSPS) is 16.8. The fraction of sp³-hybridized carbons (Fsp3) is 0.333. The largest absolute Gasteiger partial charge is 0.421 e. The highest BCUT2D eigenvalue weighted by atomic mass is 19.4. The third kappa shape index (κ3) is 8.36. The monoisotopic (exact) mass is 788 g/mol. The first-order chi connectivity index (χ1) is 27.3. The van der Waals surface area contributed by atoms with Crippen LogP contribution >= 0.6 is 0 Å². The van der Waals surface area contributed by atoms with E-state index in [1.54, 1.807) is 35.9 Å². The zero-order valence-electron chi connectivity index (χ0n) is 31.0. The molecule has 2 fully saturated rings. The standard InChI is InChI=1S/C39H40F4N10O4/c1-44-35(55)26-7-3-4-8-29(26)48-34-27(39(41,42)43)20-46-37(50-34)47-25-11-10-22(28(40)18-25)19-45-24-14-16-52(17-15-24)21-23-6-5-9-30-33(23)51(2)38(57)53(30)31-12-13-32(54)49-36(31)56/h3-11,18,20,24,31,45H,12-17,19,21H2,1-2H3,(H,44,55)(H,49,54,56)(H2,46,47,48,50). The molecule has 298 valence electrons. The molecule has 5 aromatic rings. The number of piperidine rings is 2. The predicted octanol–water partition coefficient (Wildman–Crippen LogP) is 4.87. The van der Waals surface area contributed by atoms with E-state index in [0.29, 0.717) is 23.8 Å². The maximum absolute atomic E-state index is 15.3. The number of hydrogen-bond acceptors (Lipinski definition) is 10. The van der Waals surface area contributed by atoms with E-state index in [4.69, 9.17) is 0 Å². The molecule has 0 bridgehead atoms. The second kappa shape index (κ2) is 16.1. The van der Waals surface area contributed by atoms with Crippen molar-refractivity contribution in [3.8, 4) is 0 Å². The van der Waals surface area contributed by atoms with Crippen LogP contribution in [-0.4, -0.2) is 67.9 Å². The Bertz CT molecular complexity index is 2400. The van der Waals surface area contributed by atoms with Crippen molar-refractivity contribution in [2.75, 3.05) is 30.8 Å². The average Bonchev–Trinajstić information content (AvgIpc) is 3.43. The molecular formula is C39H40F4N10O4. The third-order valence-electron chi connectivity index (χ3n) is 10.3. The number of nitrogens with zero attached hydrogens (tertiary/aromatic N) is 5. The number of rotatable bonds is 11. The molecule has 7 rings (SSSR count). The summed E-state index contributed by atoms with van der Waals surface area (Å²) < 4.78 is 60.0. The lowest BCUT2D eigenvalue weighted by molar-refractivity contribution is -0.138. The van der Waals surface area contributed by atoms with Crippen LogP contribution in [0.15, 0.2) is 71.7 Å². The highest BCUT2D eigenvalue weighted by Gasteiger charge is 2.36. The Morgan fingerprint density at radius 2 is 1.74 bits per heavy atom. The molecule has 4 heterocycles. The predicted molar refractivity (Wildman–Crippen MR) is 204 cm³/mol. The SMILES string of the molecule is CNC(=O)c1ccccc1Nc1nc(Nc2ccc(CNC3CCN(Cc4cccc5c4n(C)c(=O)n5C4CCC(=O)NC4=O)CC3)c(F)c2)ncc1C(F)(F)F. The van der Waals surface area contributed by atoms with Gasteiger partial charge in [-0.3, -0.25) is 33.7 Å². The third-order valence-corrected chi connectivity index (χ3v) is 10.3. The molecule has 3 aromatic carbocycles. The molecule has 0 aliphatic carbocycles. The van der Waals surface area contributed by atoms with Crippen molar-refractivity contribution in [2.45, 2.75) is 57.0 Å². The molecule has 14 nitrogen and oxygen atoms in total. The molecule has 0 spiro atoms. The van der Waals surface area contributed by atoms with Crippen LogP contribution < -0.4 is 32.3 Å². The van der Waals surface area contributed by atoms with Gasteiger partial charge in [0.25, 0.3) is 5.91 Å². The van der Waals surface area contributed by atoms with Gasteiger partial charge in [0, 0.05) is 57.1 Å². The summed E-state index contributed by atoms with van der Waals surface area (Å²) in [6.45, 7) is 2.34. The van der Waals surface area contributed by atoms with Crippen molar-refractivity contribution < 1.29 is 31.9 Å². The van der Waals surface area contributed by atoms with Crippen molar-refractivity contribution in [1.29, 1.82) is 0 Å². The zero-order chi connectivity index (χ0) is 40.4. The number of carbonyl (C=O) groups is 3. The molecule has 3 amide bonds. The van der Waals surface area contributed by atoms with E-state index in [9.17, 15) is 32.3 Å². The smallest absolute Gasteiger partial charge is 0.355 e. The van der Waals surface area contributed by atoms with Gasteiger partial charge in [0.15, 0.2) is 0 Å². The quantitative estimate of drug-likeness (QED) is 0.0921. The number of aromatic nitrogens is 4. The van der Waals surface area contributed by atoms with Crippen molar-refractivity contribution in [3.05, 3.63) is 105 Å². The number of benzene rings is 3. The first-order valence-electron chi connectivity index (χ1n) is 18.4. The highest BCUT2D eigenvalue weighted by molar-refractivity contribution is 6.01. The van der Waals surface area contributed by atoms with Crippen molar-refractivity contribution in [1.82, 2.24) is 40.0 Å². The Morgan fingerprint density at radius 3 is 2.46 bits per heavy atom. The summed E-state index contributed by atoms with van der Waals surface area (Å²) >= 11 is 0. The summed E-state index contributed by atoms with van der Waals surface area (Å²) in [4.78, 5) is 60.1. The number of imidazole rings is 1. The van der Waals surface area contributed by atoms with Gasteiger partial charge in [-0.05, 0) is 68.2 Å². The molecule has 2 aliphatic rings. The van der Waals surface area contributed by atoms with Crippen LogP contribution in [0.25, 0.3) is 11.0 Å². The lowest BCUT2D eigenvalue weighted by atomic mass is 10.0. The van der Waals surface area contributed by atoms with Crippen LogP contribution in [-0.2, 0) is 35.9 Å². The topological polar surface area (TPSA) is 167 Å². The number of alkyl halides is 3. The minimum atomic E-state index is -4.80. The molecule has 2 aromatic heterocycles. The van der Waals surface area contributed by atoms with Crippen LogP contribution in [0, 0.1) is 5.82 Å². The van der Waals surface area contributed by atoms with E-state index in [0.717, 1.165) is 37.0 Å². The van der Waals surface area contributed by atoms with Gasteiger partial charge < -0.3 is 21.3 Å². The average molecular weight is 789 g/mol. The number of likely N-dealkylation sites (tertiary alicyclic amines) is 1. The highest BCUT2D eigenvalue weighted by Crippen LogP contribution is 2.36. The molecule has 0 radical (unpaired) electrons. The van der Waals surface area contributed by atoms with Gasteiger partial charge in [-0.2, -0.15) is 18.2 Å². The van der Waals surface area contributed by atoms with Crippen molar-refractivity contribution in [2.24, 2.45) is 7.05 Å². The lowest BCUT2D eigenvalue weighted by Crippen LogP contribution is -2.44. The Kier molecular flexibility index (Phi) is 11.1. The number of imide groups is 1. The van der Waals surface area contributed by atoms with Crippen molar-refractivity contribution >= 4 is 51.9 Å². The Labute approximate surface area is 323 Å². The lowest BCUT2D eigenvalue weighted by Gasteiger charge is -2.32. The van der Waals surface area contributed by atoms with E-state index in [-0.39, 0.29) is 59.9 Å². The minimum Gasteiger partial charge on any atom is -0.355 e. The number of hydrogen-bond donors (Lipinski definition) is 5. The summed E-state index contributed by atoms with van der Waals surface area (Å²) in [5.74, 6) is -2.66. The maximum atomic E-state index is 15.3. The van der Waals surface area contributed by atoms with E-state index in [1.165, 1.54) is 29.8 Å². The molecule has 5 N–H and O–H groups in total. The molecular weight excluding hydrogens is 748 g/mol. The van der Waals surface area contributed by atoms with E-state index < -0.39 is 41.2 Å². The van der Waals surface area contributed by atoms with Gasteiger partial charge in [-0.1, -0.05) is 30.3 Å². The molecule has 57 heavy (non-hydrogen) atoms. The first kappa shape index (κ1) is 39.1. The number of para-hydroxylation sites is 2. The Balaban J connectivity index is 0.963. The molecule has 18 heteroatoms. The van der Waals surface area contributed by atoms with Crippen LogP contribution in [0.4, 0.5) is 40.7 Å². The summed E-state index contributed by atoms with van der Waals surface area (Å²) in [5, 5.41) is 13.6. The molecule has 1 unspecified atom stereocenters. The second-order valence-corrected chi connectivity index (χ2v) is 14.0. The summed E-state index contributed by atoms with van der Waals surface area (Å²) in [6.07, 6.45) is -2.17. The van der Waals surface area contributed by atoms with Gasteiger partial charge in [0.05, 0.1) is 22.3 Å². The molecule has 2 saturated heterocycles. The second-order valence-electron chi connectivity index (χ2n) is 14.0. The van der Waals surface area contributed by atoms with Crippen molar-refractivity contribution in [3.63, 3.8) is 0 Å². The Morgan fingerprint density at radius 1 is 0.965 bits per heavy atom. The summed E-state index contributed by atoms with van der Waals surface area (Å²) in [6, 6.07) is 15.4. The Hall–Kier alpha value is -6.14. The van der Waals surface area contributed by atoms with E-state index in [2.05, 4.69) is 41.5 Å². The first-order valence-corrected chi connectivity index (χ1v) is 18.4. The van der Waals surface area contributed by atoms with Gasteiger partial charge in [0.1, 0.15) is 23.2 Å². The number of amides is 3. The van der Waals surface area contributed by atoms with E-state index >= 15 is 4.39 Å². The van der Waals surface area contributed by atoms with Crippen LogP contribution in [0.1, 0.15) is 58.8 Å². The summed E-state index contributed by atoms with van der Waals surface area (Å²) in [7, 11) is 3.09. The minimum absolute atomic E-state index is 0.102. The van der Waals surface area contributed by atoms with Gasteiger partial charge in [-0.25, -0.2) is 14.2 Å². The number of anilines is 4. The number of nitrogens with one attached hydrogen (secondary N) is 5. The number of fused-ring (bicyclic) bond motifs is 1. The number of halogens is 4. The molecule has 2 aliphatic heterocycles. The fourth-order valence-corrected chi connectivity index (χ4v) is 7.36.